The van der Waals surface area contributed by atoms with Gasteiger partial charge in [-0.1, -0.05) is 0 Å². The largest absolute Gasteiger partial charge is 0.506 e. The zero-order valence-corrected chi connectivity index (χ0v) is 9.98. The molecule has 0 aliphatic rings. The number of hydrogen-bond donors (Lipinski definition) is 2. The molecule has 0 fully saturated rings. The Morgan fingerprint density at radius 1 is 1.69 bits per heavy atom. The van der Waals surface area contributed by atoms with Crippen LogP contribution in [0.3, 0.4) is 0 Å². The lowest BCUT2D eigenvalue weighted by molar-refractivity contribution is -0.142. The molecule has 1 aromatic rings. The van der Waals surface area contributed by atoms with Gasteiger partial charge in [0.15, 0.2) is 0 Å². The predicted octanol–water partition coefficient (Wildman–Crippen LogP) is 1.20. The van der Waals surface area contributed by atoms with Crippen molar-refractivity contribution in [3.63, 3.8) is 0 Å². The third-order valence-electron chi connectivity index (χ3n) is 2.01. The minimum Gasteiger partial charge on any atom is -0.506 e. The summed E-state index contributed by atoms with van der Waals surface area (Å²) in [5.41, 5.74) is 6.02. The molecule has 0 radical (unpaired) electrons. The normalized spacial score (nSPS) is 11.6. The average molecular weight is 285 g/mol. The second-order valence-electron chi connectivity index (χ2n) is 3.01. The van der Waals surface area contributed by atoms with Crippen LogP contribution in [0, 0.1) is 11.3 Å². The number of esters is 1. The molecule has 1 rings (SSSR count). The molecule has 0 aliphatic heterocycles. The lowest BCUT2D eigenvalue weighted by Crippen LogP contribution is -2.22. The van der Waals surface area contributed by atoms with Crippen LogP contribution < -0.4 is 5.73 Å². The number of phenols is 1. The van der Waals surface area contributed by atoms with Crippen LogP contribution in [0.1, 0.15) is 17.2 Å². The third-order valence-corrected chi connectivity index (χ3v) is 2.62. The van der Waals surface area contributed by atoms with Gasteiger partial charge in [-0.3, -0.25) is 4.79 Å². The van der Waals surface area contributed by atoms with Gasteiger partial charge in [-0.2, -0.15) is 5.26 Å². The van der Waals surface area contributed by atoms with Gasteiger partial charge in [0.25, 0.3) is 0 Å². The molecule has 0 spiro atoms. The molecule has 0 aromatic heterocycles. The summed E-state index contributed by atoms with van der Waals surface area (Å²) in [5, 5.41) is 18.4. The first-order chi connectivity index (χ1) is 7.51. The van der Waals surface area contributed by atoms with E-state index in [4.69, 9.17) is 11.0 Å². The van der Waals surface area contributed by atoms with Crippen molar-refractivity contribution in [2.45, 2.75) is 6.04 Å². The summed E-state index contributed by atoms with van der Waals surface area (Å²) in [4.78, 5) is 11.2. The Balaban J connectivity index is 3.28. The SMILES string of the molecule is COC(=O)[C@H](N)c1cc(C#N)cc(Br)c1O. The lowest BCUT2D eigenvalue weighted by Gasteiger charge is -2.12. The van der Waals surface area contributed by atoms with E-state index in [2.05, 4.69) is 20.7 Å². The Morgan fingerprint density at radius 3 is 2.81 bits per heavy atom. The Kier molecular flexibility index (Phi) is 3.88. The number of halogens is 1. The van der Waals surface area contributed by atoms with Gasteiger partial charge in [0.2, 0.25) is 0 Å². The van der Waals surface area contributed by atoms with E-state index in [0.29, 0.717) is 10.0 Å². The van der Waals surface area contributed by atoms with E-state index in [1.165, 1.54) is 19.2 Å². The molecule has 1 atom stereocenters. The van der Waals surface area contributed by atoms with Crippen molar-refractivity contribution < 1.29 is 14.6 Å². The fourth-order valence-electron chi connectivity index (χ4n) is 1.18. The summed E-state index contributed by atoms with van der Waals surface area (Å²) in [5.74, 6) is -0.853. The fourth-order valence-corrected chi connectivity index (χ4v) is 1.65. The van der Waals surface area contributed by atoms with E-state index in [0.717, 1.165) is 0 Å². The van der Waals surface area contributed by atoms with Crippen molar-refractivity contribution in [3.05, 3.63) is 27.7 Å². The molecule has 0 aliphatic carbocycles. The molecule has 84 valence electrons. The molecule has 0 amide bonds. The first kappa shape index (κ1) is 12.5. The fraction of sp³-hybridized carbons (Fsp3) is 0.200. The third kappa shape index (κ3) is 2.32. The van der Waals surface area contributed by atoms with Gasteiger partial charge in [-0.05, 0) is 28.1 Å². The Hall–Kier alpha value is -1.58. The van der Waals surface area contributed by atoms with Crippen LogP contribution >= 0.6 is 15.9 Å². The van der Waals surface area contributed by atoms with Crippen LogP contribution in [0.15, 0.2) is 16.6 Å². The summed E-state index contributed by atoms with van der Waals surface area (Å²) in [6, 6.07) is 3.56. The summed E-state index contributed by atoms with van der Waals surface area (Å²) >= 11 is 3.07. The summed E-state index contributed by atoms with van der Waals surface area (Å²) < 4.78 is 4.77. The quantitative estimate of drug-likeness (QED) is 0.796. The van der Waals surface area contributed by atoms with Gasteiger partial charge >= 0.3 is 5.97 Å². The van der Waals surface area contributed by atoms with E-state index in [1.807, 2.05) is 6.07 Å². The Morgan fingerprint density at radius 2 is 2.31 bits per heavy atom. The molecule has 16 heavy (non-hydrogen) atoms. The number of nitrogens with zero attached hydrogens (tertiary/aromatic N) is 1. The van der Waals surface area contributed by atoms with E-state index < -0.39 is 12.0 Å². The second-order valence-corrected chi connectivity index (χ2v) is 3.86. The van der Waals surface area contributed by atoms with Gasteiger partial charge in [0.05, 0.1) is 23.2 Å². The smallest absolute Gasteiger partial charge is 0.327 e. The summed E-state index contributed by atoms with van der Waals surface area (Å²) in [6.45, 7) is 0. The number of carbonyl (C=O) groups is 1. The topological polar surface area (TPSA) is 96.3 Å². The zero-order valence-electron chi connectivity index (χ0n) is 8.40. The highest BCUT2D eigenvalue weighted by molar-refractivity contribution is 9.10. The number of hydrogen-bond acceptors (Lipinski definition) is 5. The van der Waals surface area contributed by atoms with Crippen molar-refractivity contribution in [2.75, 3.05) is 7.11 Å². The van der Waals surface area contributed by atoms with E-state index in [-0.39, 0.29) is 11.3 Å². The van der Waals surface area contributed by atoms with Crippen molar-refractivity contribution in [3.8, 4) is 11.8 Å². The zero-order chi connectivity index (χ0) is 12.3. The molecule has 0 heterocycles. The maximum absolute atomic E-state index is 11.2. The molecule has 3 N–H and O–H groups in total. The van der Waals surface area contributed by atoms with E-state index in [1.54, 1.807) is 0 Å². The molecular weight excluding hydrogens is 276 g/mol. The molecule has 0 unspecified atom stereocenters. The molecule has 0 saturated carbocycles. The Bertz CT molecular complexity index is 468. The van der Waals surface area contributed by atoms with Crippen molar-refractivity contribution in [1.82, 2.24) is 0 Å². The maximum Gasteiger partial charge on any atom is 0.327 e. The summed E-state index contributed by atoms with van der Waals surface area (Å²) in [6.07, 6.45) is 0. The first-order valence-electron chi connectivity index (χ1n) is 4.27. The maximum atomic E-state index is 11.2. The van der Waals surface area contributed by atoms with Gasteiger partial charge < -0.3 is 15.6 Å². The number of benzene rings is 1. The van der Waals surface area contributed by atoms with E-state index >= 15 is 0 Å². The highest BCUT2D eigenvalue weighted by Gasteiger charge is 2.21. The van der Waals surface area contributed by atoms with Crippen molar-refractivity contribution in [1.29, 1.82) is 5.26 Å². The minimum absolute atomic E-state index is 0.151. The predicted molar refractivity (Wildman–Crippen MR) is 59.5 cm³/mol. The van der Waals surface area contributed by atoms with Gasteiger partial charge in [-0.25, -0.2) is 0 Å². The number of nitriles is 1. The van der Waals surface area contributed by atoms with Crippen molar-refractivity contribution >= 4 is 21.9 Å². The molecule has 0 saturated heterocycles. The van der Waals surface area contributed by atoms with Gasteiger partial charge in [0, 0.05) is 5.56 Å². The number of carbonyl (C=O) groups excluding carboxylic acids is 1. The Labute approximate surface area is 101 Å². The second kappa shape index (κ2) is 4.96. The number of methoxy groups -OCH3 is 1. The van der Waals surface area contributed by atoms with E-state index in [9.17, 15) is 9.90 Å². The number of rotatable bonds is 2. The highest BCUT2D eigenvalue weighted by atomic mass is 79.9. The van der Waals surface area contributed by atoms with Crippen molar-refractivity contribution in [2.24, 2.45) is 5.73 Å². The summed E-state index contributed by atoms with van der Waals surface area (Å²) in [7, 11) is 1.20. The van der Waals surface area contributed by atoms with Crippen LogP contribution in [-0.4, -0.2) is 18.2 Å². The van der Waals surface area contributed by atoms with Crippen LogP contribution in [-0.2, 0) is 9.53 Å². The molecular formula is C10H9BrN2O3. The van der Waals surface area contributed by atoms with Crippen LogP contribution in [0.2, 0.25) is 0 Å². The average Bonchev–Trinajstić information content (AvgIpc) is 2.30. The van der Waals surface area contributed by atoms with Gasteiger partial charge in [-0.15, -0.1) is 0 Å². The standard InChI is InChI=1S/C10H9BrN2O3/c1-16-10(15)8(13)6-2-5(4-12)3-7(11)9(6)14/h2-3,8,14H,13H2,1H3/t8-/m1/s1. The van der Waals surface area contributed by atoms with Crippen LogP contribution in [0.5, 0.6) is 5.75 Å². The number of nitrogens with two attached hydrogens (primary N) is 1. The minimum atomic E-state index is -1.12. The molecule has 1 aromatic carbocycles. The van der Waals surface area contributed by atoms with Crippen LogP contribution in [0.25, 0.3) is 0 Å². The number of aromatic hydroxyl groups is 1. The number of ether oxygens (including phenoxy) is 1. The molecule has 6 heteroatoms. The highest BCUT2D eigenvalue weighted by Crippen LogP contribution is 2.32. The number of phenolic OH excluding ortho intramolecular Hbond substituents is 1. The van der Waals surface area contributed by atoms with Gasteiger partial charge in [0.1, 0.15) is 11.8 Å². The monoisotopic (exact) mass is 284 g/mol. The lowest BCUT2D eigenvalue weighted by atomic mass is 10.0. The molecule has 5 nitrogen and oxygen atoms in total. The first-order valence-corrected chi connectivity index (χ1v) is 5.06. The van der Waals surface area contributed by atoms with Crippen LogP contribution in [0.4, 0.5) is 0 Å². The molecule has 0 bridgehead atoms.